The number of hydrazone groups is 1. The van der Waals surface area contributed by atoms with Crippen LogP contribution in [0.25, 0.3) is 10.9 Å². The highest BCUT2D eigenvalue weighted by Crippen LogP contribution is 2.12. The summed E-state index contributed by atoms with van der Waals surface area (Å²) in [6.45, 7) is 0. The van der Waals surface area contributed by atoms with E-state index < -0.39 is 11.5 Å². The fourth-order valence-electron chi connectivity index (χ4n) is 2.97. The fraction of sp³-hybridized carbons (Fsp3) is 0. The zero-order valence-electron chi connectivity index (χ0n) is 14.9. The van der Waals surface area contributed by atoms with Gasteiger partial charge in [0.05, 0.1) is 5.71 Å². The average molecular weight is 367 g/mol. The van der Waals surface area contributed by atoms with Crippen molar-refractivity contribution in [3.05, 3.63) is 118 Å². The number of H-pyrrole nitrogens is 1. The average Bonchev–Trinajstić information content (AvgIpc) is 2.75. The molecule has 28 heavy (non-hydrogen) atoms. The summed E-state index contributed by atoms with van der Waals surface area (Å²) < 4.78 is 0. The van der Waals surface area contributed by atoms with Crippen molar-refractivity contribution in [2.45, 2.75) is 0 Å². The second-order valence-corrected chi connectivity index (χ2v) is 6.23. The van der Waals surface area contributed by atoms with Crippen LogP contribution in [0, 0.1) is 0 Å². The molecular weight excluding hydrogens is 350 g/mol. The summed E-state index contributed by atoms with van der Waals surface area (Å²) in [5, 5.41) is 5.11. The van der Waals surface area contributed by atoms with Gasteiger partial charge in [-0.1, -0.05) is 78.9 Å². The molecule has 1 aromatic heterocycles. The minimum Gasteiger partial charge on any atom is -0.321 e. The Morgan fingerprint density at radius 3 is 2.00 bits per heavy atom. The Morgan fingerprint density at radius 2 is 1.36 bits per heavy atom. The van der Waals surface area contributed by atoms with Crippen LogP contribution in [0.3, 0.4) is 0 Å². The highest BCUT2D eigenvalue weighted by Gasteiger charge is 2.13. The van der Waals surface area contributed by atoms with E-state index in [1.165, 1.54) is 0 Å². The van der Waals surface area contributed by atoms with Gasteiger partial charge in [0.2, 0.25) is 0 Å². The quantitative estimate of drug-likeness (QED) is 0.426. The first-order chi connectivity index (χ1) is 13.7. The van der Waals surface area contributed by atoms with Crippen molar-refractivity contribution in [1.29, 1.82) is 0 Å². The predicted octanol–water partition coefficient (Wildman–Crippen LogP) is 3.71. The standard InChI is InChI=1S/C23H17N3O2/c27-22-19(15-18-13-7-8-14-20(18)24-22)23(28)26-25-21(16-9-3-1-4-10-16)17-11-5-2-6-12-17/h1-15H,(H,24,27)(H,26,28). The second kappa shape index (κ2) is 7.72. The number of carbonyl (C=O) groups is 1. The van der Waals surface area contributed by atoms with E-state index in [9.17, 15) is 9.59 Å². The summed E-state index contributed by atoms with van der Waals surface area (Å²) in [6.07, 6.45) is 0. The minimum atomic E-state index is -0.559. The molecule has 0 aliphatic carbocycles. The molecule has 0 bridgehead atoms. The largest absolute Gasteiger partial charge is 0.321 e. The first-order valence-corrected chi connectivity index (χ1v) is 8.83. The molecule has 136 valence electrons. The van der Waals surface area contributed by atoms with Crippen molar-refractivity contribution in [2.24, 2.45) is 5.10 Å². The Balaban J connectivity index is 1.70. The van der Waals surface area contributed by atoms with E-state index in [0.717, 1.165) is 16.5 Å². The molecule has 5 nitrogen and oxygen atoms in total. The number of para-hydroxylation sites is 1. The minimum absolute atomic E-state index is 0.0166. The first-order valence-electron chi connectivity index (χ1n) is 8.83. The highest BCUT2D eigenvalue weighted by atomic mass is 16.2. The van der Waals surface area contributed by atoms with E-state index in [1.54, 1.807) is 12.1 Å². The molecule has 0 saturated carbocycles. The SMILES string of the molecule is O=C(NN=C(c1ccccc1)c1ccccc1)c1cc2ccccc2[nH]c1=O. The molecule has 0 unspecified atom stereocenters. The highest BCUT2D eigenvalue weighted by molar-refractivity contribution is 6.13. The number of hydrogen-bond acceptors (Lipinski definition) is 3. The van der Waals surface area contributed by atoms with Crippen LogP contribution in [-0.2, 0) is 0 Å². The smallest absolute Gasteiger partial charge is 0.277 e. The van der Waals surface area contributed by atoms with Gasteiger partial charge in [-0.2, -0.15) is 5.10 Å². The number of carbonyl (C=O) groups excluding carboxylic acids is 1. The van der Waals surface area contributed by atoms with Gasteiger partial charge in [0.1, 0.15) is 5.56 Å². The number of nitrogens with one attached hydrogen (secondary N) is 2. The van der Waals surface area contributed by atoms with Gasteiger partial charge in [-0.25, -0.2) is 5.43 Å². The van der Waals surface area contributed by atoms with Gasteiger partial charge in [-0.05, 0) is 17.5 Å². The monoisotopic (exact) mass is 367 g/mol. The number of fused-ring (bicyclic) bond motifs is 1. The molecule has 5 heteroatoms. The van der Waals surface area contributed by atoms with Crippen molar-refractivity contribution in [3.63, 3.8) is 0 Å². The summed E-state index contributed by atoms with van der Waals surface area (Å²) in [4.78, 5) is 27.7. The number of rotatable bonds is 4. The third kappa shape index (κ3) is 3.59. The van der Waals surface area contributed by atoms with Crippen molar-refractivity contribution < 1.29 is 4.79 Å². The Kier molecular flexibility index (Phi) is 4.80. The Labute approximate surface area is 161 Å². The van der Waals surface area contributed by atoms with Gasteiger partial charge in [0.15, 0.2) is 0 Å². The topological polar surface area (TPSA) is 74.3 Å². The Morgan fingerprint density at radius 1 is 0.786 bits per heavy atom. The first kappa shape index (κ1) is 17.4. The normalized spacial score (nSPS) is 10.4. The van der Waals surface area contributed by atoms with Gasteiger partial charge < -0.3 is 4.98 Å². The zero-order chi connectivity index (χ0) is 19.3. The number of benzene rings is 3. The lowest BCUT2D eigenvalue weighted by atomic mass is 10.0. The van der Waals surface area contributed by atoms with Crippen molar-refractivity contribution in [3.8, 4) is 0 Å². The van der Waals surface area contributed by atoms with Crippen LogP contribution in [0.1, 0.15) is 21.5 Å². The van der Waals surface area contributed by atoms with Crippen LogP contribution in [0.15, 0.2) is 101 Å². The van der Waals surface area contributed by atoms with Gasteiger partial charge in [-0.15, -0.1) is 0 Å². The van der Waals surface area contributed by atoms with Crippen molar-refractivity contribution >= 4 is 22.5 Å². The maximum atomic E-state index is 12.6. The third-order valence-corrected chi connectivity index (χ3v) is 4.36. The number of pyridine rings is 1. The number of hydrogen-bond donors (Lipinski definition) is 2. The maximum absolute atomic E-state index is 12.6. The maximum Gasteiger partial charge on any atom is 0.277 e. The third-order valence-electron chi connectivity index (χ3n) is 4.36. The molecule has 0 aliphatic rings. The molecule has 0 spiro atoms. The van der Waals surface area contributed by atoms with E-state index in [4.69, 9.17) is 0 Å². The van der Waals surface area contributed by atoms with Gasteiger partial charge in [-0.3, -0.25) is 9.59 Å². The molecule has 0 atom stereocenters. The second-order valence-electron chi connectivity index (χ2n) is 6.23. The number of amides is 1. The zero-order valence-corrected chi connectivity index (χ0v) is 14.9. The van der Waals surface area contributed by atoms with Crippen LogP contribution < -0.4 is 11.0 Å². The Bertz CT molecular complexity index is 1170. The van der Waals surface area contributed by atoms with Crippen LogP contribution in [0.4, 0.5) is 0 Å². The molecule has 1 amide bonds. The Hall–Kier alpha value is -3.99. The van der Waals surface area contributed by atoms with Gasteiger partial charge in [0.25, 0.3) is 11.5 Å². The fourth-order valence-corrected chi connectivity index (χ4v) is 2.97. The van der Waals surface area contributed by atoms with Gasteiger partial charge in [0, 0.05) is 16.6 Å². The van der Waals surface area contributed by atoms with Gasteiger partial charge >= 0.3 is 0 Å². The van der Waals surface area contributed by atoms with E-state index in [-0.39, 0.29) is 5.56 Å². The van der Waals surface area contributed by atoms with Crippen LogP contribution in [0.5, 0.6) is 0 Å². The molecule has 1 heterocycles. The number of nitrogens with zero attached hydrogens (tertiary/aromatic N) is 1. The summed E-state index contributed by atoms with van der Waals surface area (Å²) >= 11 is 0. The van der Waals surface area contributed by atoms with Crippen LogP contribution in [-0.4, -0.2) is 16.6 Å². The predicted molar refractivity (Wildman–Crippen MR) is 111 cm³/mol. The van der Waals surface area contributed by atoms with E-state index >= 15 is 0 Å². The van der Waals surface area contributed by atoms with Crippen LogP contribution >= 0.6 is 0 Å². The van der Waals surface area contributed by atoms with E-state index in [2.05, 4.69) is 15.5 Å². The molecule has 0 radical (unpaired) electrons. The van der Waals surface area contributed by atoms with Crippen molar-refractivity contribution in [1.82, 2.24) is 10.4 Å². The molecule has 0 saturated heterocycles. The summed E-state index contributed by atoms with van der Waals surface area (Å²) in [6, 6.07) is 28.0. The number of aromatic nitrogens is 1. The number of aromatic amines is 1. The lowest BCUT2D eigenvalue weighted by Crippen LogP contribution is -2.27. The summed E-state index contributed by atoms with van der Waals surface area (Å²) in [5.74, 6) is -0.559. The molecular formula is C23H17N3O2. The van der Waals surface area contributed by atoms with E-state index in [1.807, 2.05) is 78.9 Å². The molecule has 0 fully saturated rings. The van der Waals surface area contributed by atoms with E-state index in [0.29, 0.717) is 11.2 Å². The molecule has 3 aromatic carbocycles. The lowest BCUT2D eigenvalue weighted by Gasteiger charge is -2.08. The lowest BCUT2D eigenvalue weighted by molar-refractivity contribution is 0.0953. The molecule has 2 N–H and O–H groups in total. The molecule has 4 aromatic rings. The van der Waals surface area contributed by atoms with Crippen LogP contribution in [0.2, 0.25) is 0 Å². The van der Waals surface area contributed by atoms with Crippen molar-refractivity contribution in [2.75, 3.05) is 0 Å². The summed E-state index contributed by atoms with van der Waals surface area (Å²) in [5.41, 5.74) is 5.12. The summed E-state index contributed by atoms with van der Waals surface area (Å²) in [7, 11) is 0. The molecule has 0 aliphatic heterocycles. The molecule has 4 rings (SSSR count).